The fraction of sp³-hybridized carbons (Fsp3) is 0.500. The molecule has 0 aromatic heterocycles. The number of anilines is 1. The summed E-state index contributed by atoms with van der Waals surface area (Å²) in [7, 11) is 0. The molecule has 0 radical (unpaired) electrons. The van der Waals surface area contributed by atoms with Gasteiger partial charge in [0.15, 0.2) is 0 Å². The summed E-state index contributed by atoms with van der Waals surface area (Å²) in [5.41, 5.74) is 6.32. The predicted octanol–water partition coefficient (Wildman–Crippen LogP) is 1.66. The van der Waals surface area contributed by atoms with Gasteiger partial charge in [-0.05, 0) is 39.2 Å². The highest BCUT2D eigenvalue weighted by Crippen LogP contribution is 2.25. The van der Waals surface area contributed by atoms with E-state index in [1.165, 1.54) is 6.21 Å². The summed E-state index contributed by atoms with van der Waals surface area (Å²) >= 11 is 0. The molecule has 1 aromatic carbocycles. The van der Waals surface area contributed by atoms with Crippen molar-refractivity contribution in [2.24, 2.45) is 0 Å². The van der Waals surface area contributed by atoms with Gasteiger partial charge < -0.3 is 20.9 Å². The molecule has 0 heterocycles. The van der Waals surface area contributed by atoms with Crippen molar-refractivity contribution >= 4 is 24.3 Å². The lowest BCUT2D eigenvalue weighted by molar-refractivity contribution is -0.0918. The molecule has 0 atom stereocenters. The summed E-state index contributed by atoms with van der Waals surface area (Å²) < 4.78 is 5.96. The standard InChI is InChI=1S/C14H23BN2O2/c1-13(2,18)14(3,4)19-15(5)11-6-7-12(17)10(8-11)9-16/h6-9,16,18H,17H2,1-5H3. The molecule has 5 heteroatoms. The Labute approximate surface area is 115 Å². The summed E-state index contributed by atoms with van der Waals surface area (Å²) in [6, 6.07) is 5.49. The van der Waals surface area contributed by atoms with Crippen LogP contribution in [-0.2, 0) is 4.65 Å². The molecule has 0 saturated heterocycles. The van der Waals surface area contributed by atoms with Gasteiger partial charge >= 0.3 is 6.92 Å². The molecule has 0 fully saturated rings. The SMILES string of the molecule is CB(OC(C)(C)C(C)(C)O)c1ccc(N)c(C=N)c1. The highest BCUT2D eigenvalue weighted by Gasteiger charge is 2.38. The van der Waals surface area contributed by atoms with Gasteiger partial charge in [0.25, 0.3) is 0 Å². The highest BCUT2D eigenvalue weighted by molar-refractivity contribution is 6.66. The zero-order valence-electron chi connectivity index (χ0n) is 12.3. The van der Waals surface area contributed by atoms with Crippen molar-refractivity contribution in [1.29, 1.82) is 5.41 Å². The Hall–Kier alpha value is -1.33. The van der Waals surface area contributed by atoms with E-state index >= 15 is 0 Å². The van der Waals surface area contributed by atoms with E-state index in [0.717, 1.165) is 5.46 Å². The molecule has 0 saturated carbocycles. The highest BCUT2D eigenvalue weighted by atomic mass is 16.5. The summed E-state index contributed by atoms with van der Waals surface area (Å²) in [6.07, 6.45) is 1.23. The Balaban J connectivity index is 2.96. The minimum atomic E-state index is -0.945. The van der Waals surface area contributed by atoms with Crippen LogP contribution in [0.3, 0.4) is 0 Å². The largest absolute Gasteiger partial charge is 0.423 e. The molecular weight excluding hydrogens is 239 g/mol. The Morgan fingerprint density at radius 1 is 1.32 bits per heavy atom. The van der Waals surface area contributed by atoms with Gasteiger partial charge in [-0.3, -0.25) is 0 Å². The quantitative estimate of drug-likeness (QED) is 0.429. The molecule has 0 aliphatic carbocycles. The maximum atomic E-state index is 10.1. The van der Waals surface area contributed by atoms with Gasteiger partial charge in [0, 0.05) is 17.5 Å². The molecule has 104 valence electrons. The molecule has 1 aromatic rings. The summed E-state index contributed by atoms with van der Waals surface area (Å²) in [5.74, 6) is 0. The Morgan fingerprint density at radius 2 is 1.89 bits per heavy atom. The molecule has 19 heavy (non-hydrogen) atoms. The van der Waals surface area contributed by atoms with E-state index in [1.807, 2.05) is 32.8 Å². The van der Waals surface area contributed by atoms with E-state index in [0.29, 0.717) is 11.3 Å². The summed E-state index contributed by atoms with van der Waals surface area (Å²) in [4.78, 5) is 0. The second-order valence-electron chi connectivity index (χ2n) is 5.86. The van der Waals surface area contributed by atoms with Gasteiger partial charge in [-0.1, -0.05) is 19.0 Å². The lowest BCUT2D eigenvalue weighted by Gasteiger charge is -2.39. The number of hydrogen-bond acceptors (Lipinski definition) is 4. The number of aliphatic hydroxyl groups is 1. The van der Waals surface area contributed by atoms with Crippen molar-refractivity contribution in [3.8, 4) is 0 Å². The summed E-state index contributed by atoms with van der Waals surface area (Å²) in [5, 5.41) is 17.4. The van der Waals surface area contributed by atoms with Gasteiger partial charge in [0.1, 0.15) is 0 Å². The van der Waals surface area contributed by atoms with Crippen LogP contribution in [0, 0.1) is 5.41 Å². The zero-order valence-corrected chi connectivity index (χ0v) is 12.3. The minimum absolute atomic E-state index is 0.194. The summed E-state index contributed by atoms with van der Waals surface area (Å²) in [6.45, 7) is 8.90. The van der Waals surface area contributed by atoms with Crippen molar-refractivity contribution in [2.75, 3.05) is 5.73 Å². The molecule has 4 N–H and O–H groups in total. The predicted molar refractivity (Wildman–Crippen MR) is 81.5 cm³/mol. The number of nitrogens with one attached hydrogen (secondary N) is 1. The Kier molecular flexibility index (Phi) is 4.43. The van der Waals surface area contributed by atoms with Crippen LogP contribution in [0.1, 0.15) is 33.3 Å². The second-order valence-corrected chi connectivity index (χ2v) is 5.86. The number of nitrogen functional groups attached to an aromatic ring is 1. The third kappa shape index (κ3) is 3.58. The molecule has 0 aliphatic heterocycles. The first-order chi connectivity index (χ1) is 8.58. The van der Waals surface area contributed by atoms with E-state index in [4.69, 9.17) is 15.8 Å². The third-order valence-corrected chi connectivity index (χ3v) is 3.68. The van der Waals surface area contributed by atoms with Crippen LogP contribution >= 0.6 is 0 Å². The second kappa shape index (κ2) is 5.35. The van der Waals surface area contributed by atoms with E-state index in [-0.39, 0.29) is 6.92 Å². The van der Waals surface area contributed by atoms with E-state index in [2.05, 4.69) is 0 Å². The first kappa shape index (κ1) is 15.7. The van der Waals surface area contributed by atoms with Crippen molar-refractivity contribution in [3.05, 3.63) is 23.8 Å². The first-order valence-corrected chi connectivity index (χ1v) is 6.38. The number of rotatable bonds is 5. The fourth-order valence-electron chi connectivity index (χ4n) is 1.63. The molecule has 4 nitrogen and oxygen atoms in total. The van der Waals surface area contributed by atoms with Crippen LogP contribution in [0.15, 0.2) is 18.2 Å². The molecular formula is C14H23BN2O2. The minimum Gasteiger partial charge on any atom is -0.423 e. The van der Waals surface area contributed by atoms with Gasteiger partial charge in [-0.2, -0.15) is 0 Å². The lowest BCUT2D eigenvalue weighted by atomic mass is 9.62. The van der Waals surface area contributed by atoms with Crippen LogP contribution in [0.4, 0.5) is 5.69 Å². The average Bonchev–Trinajstić information content (AvgIpc) is 2.27. The van der Waals surface area contributed by atoms with Crippen molar-refractivity contribution < 1.29 is 9.76 Å². The smallest absolute Gasteiger partial charge is 0.324 e. The number of benzene rings is 1. The van der Waals surface area contributed by atoms with Crippen molar-refractivity contribution in [3.63, 3.8) is 0 Å². The molecule has 0 spiro atoms. The van der Waals surface area contributed by atoms with Crippen molar-refractivity contribution in [1.82, 2.24) is 0 Å². The number of hydrogen-bond donors (Lipinski definition) is 3. The molecule has 0 aliphatic rings. The normalized spacial score (nSPS) is 12.3. The van der Waals surface area contributed by atoms with Gasteiger partial charge in [0.2, 0.25) is 0 Å². The van der Waals surface area contributed by atoms with Crippen LogP contribution in [0.2, 0.25) is 6.82 Å². The monoisotopic (exact) mass is 262 g/mol. The number of nitrogens with two attached hydrogens (primary N) is 1. The Bertz CT molecular complexity index is 467. The maximum Gasteiger partial charge on any atom is 0.324 e. The first-order valence-electron chi connectivity index (χ1n) is 6.38. The Morgan fingerprint density at radius 3 is 2.37 bits per heavy atom. The molecule has 0 unspecified atom stereocenters. The van der Waals surface area contributed by atoms with Crippen molar-refractivity contribution in [2.45, 2.75) is 45.7 Å². The molecule has 0 amide bonds. The average molecular weight is 262 g/mol. The van der Waals surface area contributed by atoms with Crippen LogP contribution in [-0.4, -0.2) is 29.4 Å². The third-order valence-electron chi connectivity index (χ3n) is 3.68. The molecule has 0 bridgehead atoms. The topological polar surface area (TPSA) is 79.3 Å². The van der Waals surface area contributed by atoms with Crippen LogP contribution < -0.4 is 11.2 Å². The maximum absolute atomic E-state index is 10.1. The van der Waals surface area contributed by atoms with E-state index in [1.54, 1.807) is 19.9 Å². The van der Waals surface area contributed by atoms with Gasteiger partial charge in [0.05, 0.1) is 11.2 Å². The molecule has 1 rings (SSSR count). The van der Waals surface area contributed by atoms with Gasteiger partial charge in [-0.15, -0.1) is 0 Å². The van der Waals surface area contributed by atoms with Crippen LogP contribution in [0.25, 0.3) is 0 Å². The van der Waals surface area contributed by atoms with Gasteiger partial charge in [-0.25, -0.2) is 0 Å². The fourth-order valence-corrected chi connectivity index (χ4v) is 1.63. The van der Waals surface area contributed by atoms with E-state index < -0.39 is 11.2 Å². The van der Waals surface area contributed by atoms with E-state index in [9.17, 15) is 5.11 Å². The van der Waals surface area contributed by atoms with Crippen LogP contribution in [0.5, 0.6) is 0 Å². The lowest BCUT2D eigenvalue weighted by Crippen LogP contribution is -2.52. The zero-order chi connectivity index (χ0) is 14.8.